The molecule has 1 aliphatic rings. The van der Waals surface area contributed by atoms with Crippen LogP contribution < -0.4 is 15.6 Å². The van der Waals surface area contributed by atoms with Crippen LogP contribution in [0.15, 0.2) is 47.3 Å². The van der Waals surface area contributed by atoms with Crippen molar-refractivity contribution < 1.29 is 19.0 Å². The number of benzene rings is 2. The summed E-state index contributed by atoms with van der Waals surface area (Å²) in [5.74, 6) is 0.553. The molecule has 0 radical (unpaired) electrons. The molecule has 1 unspecified atom stereocenters. The minimum Gasteiger partial charge on any atom is -0.495 e. The predicted octanol–water partition coefficient (Wildman–Crippen LogP) is 3.60. The molecule has 174 valence electrons. The maximum Gasteiger partial charge on any atom is 0.322 e. The van der Waals surface area contributed by atoms with Gasteiger partial charge >= 0.3 is 6.03 Å². The van der Waals surface area contributed by atoms with Crippen molar-refractivity contribution >= 4 is 22.6 Å². The number of nitrogens with zero attached hydrogens (tertiary/aromatic N) is 1. The lowest BCUT2D eigenvalue weighted by molar-refractivity contribution is -0.0943. The molecule has 1 atom stereocenters. The molecular formula is C25H29N3O5. The van der Waals surface area contributed by atoms with Gasteiger partial charge in [0.05, 0.1) is 57.3 Å². The van der Waals surface area contributed by atoms with Crippen molar-refractivity contribution in [3.05, 3.63) is 69.5 Å². The average Bonchev–Trinajstić information content (AvgIpc) is 2.80. The third kappa shape index (κ3) is 5.35. The fourth-order valence-electron chi connectivity index (χ4n) is 4.10. The molecule has 0 spiro atoms. The number of aromatic amines is 1. The Hall–Kier alpha value is -3.36. The summed E-state index contributed by atoms with van der Waals surface area (Å²) in [6, 6.07) is 12.8. The van der Waals surface area contributed by atoms with Crippen LogP contribution >= 0.6 is 0 Å². The van der Waals surface area contributed by atoms with Crippen LogP contribution in [0.3, 0.4) is 0 Å². The second kappa shape index (κ2) is 10.1. The van der Waals surface area contributed by atoms with Gasteiger partial charge in [0, 0.05) is 5.56 Å². The van der Waals surface area contributed by atoms with Crippen LogP contribution in [-0.2, 0) is 16.0 Å². The van der Waals surface area contributed by atoms with Crippen LogP contribution in [0.4, 0.5) is 10.5 Å². The minimum atomic E-state index is -0.353. The zero-order chi connectivity index (χ0) is 23.4. The zero-order valence-electron chi connectivity index (χ0n) is 19.1. The lowest BCUT2D eigenvalue weighted by Crippen LogP contribution is -2.44. The second-order valence-electron chi connectivity index (χ2n) is 8.25. The number of urea groups is 1. The summed E-state index contributed by atoms with van der Waals surface area (Å²) in [5, 5.41) is 3.83. The van der Waals surface area contributed by atoms with E-state index >= 15 is 0 Å². The summed E-state index contributed by atoms with van der Waals surface area (Å²) in [6.45, 7) is 5.80. The van der Waals surface area contributed by atoms with Gasteiger partial charge in [-0.25, -0.2) is 4.79 Å². The molecule has 8 nitrogen and oxygen atoms in total. The van der Waals surface area contributed by atoms with Crippen LogP contribution in [0.5, 0.6) is 5.75 Å². The Bertz CT molecular complexity index is 1200. The van der Waals surface area contributed by atoms with Crippen molar-refractivity contribution in [2.45, 2.75) is 26.5 Å². The maximum absolute atomic E-state index is 13.3. The van der Waals surface area contributed by atoms with E-state index in [1.807, 2.05) is 44.2 Å². The number of methoxy groups -OCH3 is 1. The number of ether oxygens (including phenoxy) is 3. The van der Waals surface area contributed by atoms with E-state index in [-0.39, 0.29) is 30.8 Å². The van der Waals surface area contributed by atoms with Crippen molar-refractivity contribution in [1.29, 1.82) is 0 Å². The normalized spacial score (nSPS) is 15.9. The van der Waals surface area contributed by atoms with E-state index in [0.717, 1.165) is 22.0 Å². The number of nitrogens with one attached hydrogen (secondary N) is 2. The van der Waals surface area contributed by atoms with Crippen molar-refractivity contribution in [2.75, 3.05) is 38.8 Å². The number of aromatic nitrogens is 1. The van der Waals surface area contributed by atoms with E-state index in [4.69, 9.17) is 14.2 Å². The van der Waals surface area contributed by atoms with Crippen molar-refractivity contribution in [1.82, 2.24) is 9.88 Å². The van der Waals surface area contributed by atoms with Crippen LogP contribution in [-0.4, -0.2) is 55.5 Å². The van der Waals surface area contributed by atoms with E-state index in [0.29, 0.717) is 36.8 Å². The average molecular weight is 452 g/mol. The molecule has 1 aliphatic heterocycles. The summed E-state index contributed by atoms with van der Waals surface area (Å²) in [6.07, 6.45) is -0.272. The van der Waals surface area contributed by atoms with Gasteiger partial charge in [-0.3, -0.25) is 4.79 Å². The number of carbonyl (C=O) groups is 1. The van der Waals surface area contributed by atoms with Crippen LogP contribution in [0.1, 0.15) is 16.7 Å². The Morgan fingerprint density at radius 1 is 1.21 bits per heavy atom. The van der Waals surface area contributed by atoms with Crippen LogP contribution in [0.2, 0.25) is 0 Å². The number of carbonyl (C=O) groups excluding carboxylic acids is 1. The highest BCUT2D eigenvalue weighted by molar-refractivity contribution is 5.91. The fraction of sp³-hybridized carbons (Fsp3) is 0.360. The predicted molar refractivity (Wildman–Crippen MR) is 127 cm³/mol. The van der Waals surface area contributed by atoms with Gasteiger partial charge in [0.2, 0.25) is 0 Å². The molecule has 0 saturated carbocycles. The molecular weight excluding hydrogens is 422 g/mol. The molecule has 2 aromatic carbocycles. The Balaban J connectivity index is 1.63. The molecule has 3 aromatic rings. The number of aryl methyl sites for hydroxylation is 2. The highest BCUT2D eigenvalue weighted by Gasteiger charge is 2.24. The number of hydrogen-bond acceptors (Lipinski definition) is 5. The highest BCUT2D eigenvalue weighted by Crippen LogP contribution is 2.24. The first-order valence-electron chi connectivity index (χ1n) is 11.0. The Morgan fingerprint density at radius 2 is 2.03 bits per heavy atom. The van der Waals surface area contributed by atoms with Gasteiger partial charge in [0.15, 0.2) is 0 Å². The molecule has 2 N–H and O–H groups in total. The van der Waals surface area contributed by atoms with Crippen molar-refractivity contribution in [3.8, 4) is 5.75 Å². The smallest absolute Gasteiger partial charge is 0.322 e. The van der Waals surface area contributed by atoms with Gasteiger partial charge in [-0.05, 0) is 49.1 Å². The lowest BCUT2D eigenvalue weighted by atomic mass is 10.1. The number of pyridine rings is 1. The quantitative estimate of drug-likeness (QED) is 0.597. The number of hydrogen-bond donors (Lipinski definition) is 2. The number of anilines is 1. The Kier molecular flexibility index (Phi) is 6.96. The minimum absolute atomic E-state index is 0.124. The second-order valence-corrected chi connectivity index (χ2v) is 8.25. The number of amides is 2. The molecule has 1 saturated heterocycles. The van der Waals surface area contributed by atoms with Crippen LogP contribution in [0, 0.1) is 13.8 Å². The number of para-hydroxylation sites is 2. The monoisotopic (exact) mass is 451 g/mol. The standard InChI is InChI=1S/C25H29N3O5/c1-16-10-17(2)23-18(11-16)12-19(24(29)27-23)13-28(14-20-15-32-8-9-33-20)25(30)26-21-6-4-5-7-22(21)31-3/h4-7,10-12,20H,8-9,13-15H2,1-3H3,(H,26,30)(H,27,29). The molecule has 4 rings (SSSR count). The highest BCUT2D eigenvalue weighted by atomic mass is 16.6. The molecule has 1 fully saturated rings. The first-order chi connectivity index (χ1) is 15.9. The van der Waals surface area contributed by atoms with E-state index in [1.165, 1.54) is 0 Å². The van der Waals surface area contributed by atoms with Gasteiger partial charge in [-0.15, -0.1) is 0 Å². The van der Waals surface area contributed by atoms with E-state index < -0.39 is 0 Å². The number of fused-ring (bicyclic) bond motifs is 1. The molecule has 8 heteroatoms. The van der Waals surface area contributed by atoms with Crippen LogP contribution in [0.25, 0.3) is 10.9 Å². The van der Waals surface area contributed by atoms with E-state index in [1.54, 1.807) is 24.1 Å². The molecule has 0 bridgehead atoms. The summed E-state index contributed by atoms with van der Waals surface area (Å²) in [5.41, 5.74) is 3.76. The van der Waals surface area contributed by atoms with E-state index in [2.05, 4.69) is 10.3 Å². The molecule has 0 aliphatic carbocycles. The molecule has 2 amide bonds. The summed E-state index contributed by atoms with van der Waals surface area (Å²) < 4.78 is 16.6. The van der Waals surface area contributed by atoms with Gasteiger partial charge in [-0.2, -0.15) is 0 Å². The van der Waals surface area contributed by atoms with E-state index in [9.17, 15) is 9.59 Å². The maximum atomic E-state index is 13.3. The fourth-order valence-corrected chi connectivity index (χ4v) is 4.10. The van der Waals surface area contributed by atoms with Crippen molar-refractivity contribution in [2.24, 2.45) is 0 Å². The Morgan fingerprint density at radius 3 is 2.79 bits per heavy atom. The molecule has 1 aromatic heterocycles. The molecule has 33 heavy (non-hydrogen) atoms. The summed E-state index contributed by atoms with van der Waals surface area (Å²) >= 11 is 0. The summed E-state index contributed by atoms with van der Waals surface area (Å²) in [7, 11) is 1.55. The SMILES string of the molecule is COc1ccccc1NC(=O)N(Cc1cc2cc(C)cc(C)c2[nH]c1=O)CC1COCCO1. The van der Waals surface area contributed by atoms with Crippen molar-refractivity contribution in [3.63, 3.8) is 0 Å². The first-order valence-corrected chi connectivity index (χ1v) is 11.0. The third-order valence-electron chi connectivity index (χ3n) is 5.68. The number of H-pyrrole nitrogens is 1. The zero-order valence-corrected chi connectivity index (χ0v) is 19.1. The summed E-state index contributed by atoms with van der Waals surface area (Å²) in [4.78, 5) is 30.7. The lowest BCUT2D eigenvalue weighted by Gasteiger charge is -2.30. The number of rotatable bonds is 6. The van der Waals surface area contributed by atoms with Gasteiger partial charge in [0.25, 0.3) is 5.56 Å². The molecule has 2 heterocycles. The van der Waals surface area contributed by atoms with Gasteiger partial charge < -0.3 is 29.4 Å². The Labute approximate surface area is 192 Å². The van der Waals surface area contributed by atoms with Gasteiger partial charge in [-0.1, -0.05) is 23.8 Å². The third-order valence-corrected chi connectivity index (χ3v) is 5.68. The topological polar surface area (TPSA) is 92.9 Å². The van der Waals surface area contributed by atoms with Gasteiger partial charge in [0.1, 0.15) is 5.75 Å². The largest absolute Gasteiger partial charge is 0.495 e. The first kappa shape index (κ1) is 22.8.